The average Bonchev–Trinajstić information content (AvgIpc) is 3.10. The maximum Gasteiger partial charge on any atom is 0.363 e. The summed E-state index contributed by atoms with van der Waals surface area (Å²) in [6, 6.07) is 9.66. The summed E-state index contributed by atoms with van der Waals surface area (Å²) in [4.78, 5) is 15.8. The Hall–Kier alpha value is -2.69. The number of aryl methyl sites for hydroxylation is 1. The zero-order valence-corrected chi connectivity index (χ0v) is 11.1. The lowest BCUT2D eigenvalue weighted by atomic mass is 10.1. The maximum absolute atomic E-state index is 12.8. The zero-order valence-electron chi connectivity index (χ0n) is 11.1. The lowest BCUT2D eigenvalue weighted by Gasteiger charge is -2.00. The molecule has 0 N–H and O–H groups in total. The fourth-order valence-electron chi connectivity index (χ4n) is 1.97. The van der Waals surface area contributed by atoms with E-state index in [1.54, 1.807) is 24.3 Å². The van der Waals surface area contributed by atoms with Gasteiger partial charge < -0.3 is 9.15 Å². The molecular formula is C16H12FNO3. The third-order valence-corrected chi connectivity index (χ3v) is 3.03. The van der Waals surface area contributed by atoms with E-state index in [9.17, 15) is 9.18 Å². The lowest BCUT2D eigenvalue weighted by molar-refractivity contribution is -0.130. The molecule has 0 radical (unpaired) electrons. The van der Waals surface area contributed by atoms with Crippen LogP contribution in [0.4, 0.5) is 4.39 Å². The van der Waals surface area contributed by atoms with Crippen LogP contribution in [-0.4, -0.2) is 11.9 Å². The molecule has 0 bridgehead atoms. The van der Waals surface area contributed by atoms with Gasteiger partial charge in [-0.3, -0.25) is 0 Å². The van der Waals surface area contributed by atoms with E-state index in [-0.39, 0.29) is 11.5 Å². The molecule has 0 unspecified atom stereocenters. The second-order valence-electron chi connectivity index (χ2n) is 4.57. The molecule has 0 saturated carbocycles. The number of hydrogen-bond acceptors (Lipinski definition) is 4. The monoisotopic (exact) mass is 285 g/mol. The fourth-order valence-corrected chi connectivity index (χ4v) is 1.97. The number of esters is 1. The minimum Gasteiger partial charge on any atom is -0.465 e. The molecule has 0 amide bonds. The Bertz CT molecular complexity index is 700. The number of cyclic esters (lactones) is 1. The van der Waals surface area contributed by atoms with Crippen LogP contribution in [0, 0.1) is 5.82 Å². The molecule has 0 atom stereocenters. The molecule has 1 aliphatic rings. The highest BCUT2D eigenvalue weighted by molar-refractivity contribution is 6.07. The van der Waals surface area contributed by atoms with Crippen molar-refractivity contribution in [1.82, 2.24) is 0 Å². The van der Waals surface area contributed by atoms with E-state index in [4.69, 9.17) is 9.15 Å². The van der Waals surface area contributed by atoms with Gasteiger partial charge in [0.15, 0.2) is 11.6 Å². The first-order valence-electron chi connectivity index (χ1n) is 6.50. The third kappa shape index (κ3) is 3.25. The van der Waals surface area contributed by atoms with Crippen molar-refractivity contribution in [3.05, 3.63) is 65.5 Å². The highest BCUT2D eigenvalue weighted by Gasteiger charge is 2.22. The first kappa shape index (κ1) is 13.3. The smallest absolute Gasteiger partial charge is 0.363 e. The van der Waals surface area contributed by atoms with Crippen LogP contribution in [0.5, 0.6) is 0 Å². The summed E-state index contributed by atoms with van der Waals surface area (Å²) in [6.07, 6.45) is 4.16. The molecule has 0 fully saturated rings. The van der Waals surface area contributed by atoms with Crippen LogP contribution in [0.2, 0.25) is 0 Å². The maximum atomic E-state index is 12.8. The quantitative estimate of drug-likeness (QED) is 0.639. The Labute approximate surface area is 120 Å². The van der Waals surface area contributed by atoms with E-state index in [0.29, 0.717) is 24.5 Å². The summed E-state index contributed by atoms with van der Waals surface area (Å²) in [5.41, 5.74) is 1.18. The molecule has 1 aromatic heterocycles. The number of furan rings is 1. The number of halogens is 1. The van der Waals surface area contributed by atoms with Gasteiger partial charge in [0.1, 0.15) is 11.6 Å². The number of aliphatic imine (C=N–C) groups is 1. The number of carbonyl (C=O) groups excluding carboxylic acids is 1. The summed E-state index contributed by atoms with van der Waals surface area (Å²) < 4.78 is 23.0. The Morgan fingerprint density at radius 3 is 2.67 bits per heavy atom. The molecule has 4 nitrogen and oxygen atoms in total. The van der Waals surface area contributed by atoms with Gasteiger partial charge in [-0.1, -0.05) is 12.1 Å². The molecule has 2 heterocycles. The van der Waals surface area contributed by atoms with Gasteiger partial charge in [-0.2, -0.15) is 0 Å². The Morgan fingerprint density at radius 1 is 1.14 bits per heavy atom. The second-order valence-corrected chi connectivity index (χ2v) is 4.57. The van der Waals surface area contributed by atoms with Gasteiger partial charge >= 0.3 is 5.97 Å². The summed E-state index contributed by atoms with van der Waals surface area (Å²) in [5, 5.41) is 0. The average molecular weight is 285 g/mol. The van der Waals surface area contributed by atoms with Gasteiger partial charge in [0.2, 0.25) is 0 Å². The third-order valence-electron chi connectivity index (χ3n) is 3.03. The van der Waals surface area contributed by atoms with Crippen molar-refractivity contribution >= 4 is 17.9 Å². The van der Waals surface area contributed by atoms with Crippen molar-refractivity contribution in [2.75, 3.05) is 0 Å². The topological polar surface area (TPSA) is 51.8 Å². The highest BCUT2D eigenvalue weighted by atomic mass is 19.1. The SMILES string of the molecule is O=C1OC(CCc2ccc(F)cc2)=N/C1=C/c1ccco1. The van der Waals surface area contributed by atoms with Crippen molar-refractivity contribution in [3.8, 4) is 0 Å². The molecule has 0 spiro atoms. The molecule has 0 aliphatic carbocycles. The van der Waals surface area contributed by atoms with Crippen LogP contribution in [0.3, 0.4) is 0 Å². The van der Waals surface area contributed by atoms with E-state index >= 15 is 0 Å². The molecule has 106 valence electrons. The van der Waals surface area contributed by atoms with Crippen molar-refractivity contribution in [2.45, 2.75) is 12.8 Å². The number of benzene rings is 1. The lowest BCUT2D eigenvalue weighted by Crippen LogP contribution is -2.05. The number of ether oxygens (including phenoxy) is 1. The molecule has 21 heavy (non-hydrogen) atoms. The Kier molecular flexibility index (Phi) is 3.64. The van der Waals surface area contributed by atoms with Crippen LogP contribution in [0.25, 0.3) is 6.08 Å². The van der Waals surface area contributed by atoms with Crippen LogP contribution in [0.1, 0.15) is 17.7 Å². The van der Waals surface area contributed by atoms with Crippen molar-refractivity contribution in [3.63, 3.8) is 0 Å². The van der Waals surface area contributed by atoms with E-state index in [2.05, 4.69) is 4.99 Å². The molecule has 2 aromatic rings. The number of nitrogens with zero attached hydrogens (tertiary/aromatic N) is 1. The standard InChI is InChI=1S/C16H12FNO3/c17-12-6-3-11(4-7-12)5-8-15-18-14(16(19)21-15)10-13-2-1-9-20-13/h1-4,6-7,9-10H,5,8H2/b14-10+. The van der Waals surface area contributed by atoms with Crippen molar-refractivity contribution < 1.29 is 18.3 Å². The van der Waals surface area contributed by atoms with Gasteiger partial charge in [0, 0.05) is 12.5 Å². The van der Waals surface area contributed by atoms with Crippen LogP contribution in [0.15, 0.2) is 57.8 Å². The fraction of sp³-hybridized carbons (Fsp3) is 0.125. The predicted molar refractivity (Wildman–Crippen MR) is 74.9 cm³/mol. The van der Waals surface area contributed by atoms with E-state index in [1.807, 2.05) is 0 Å². The molecule has 3 rings (SSSR count). The minimum atomic E-state index is -0.486. The van der Waals surface area contributed by atoms with Gasteiger partial charge in [-0.05, 0) is 36.2 Å². The highest BCUT2D eigenvalue weighted by Crippen LogP contribution is 2.18. The van der Waals surface area contributed by atoms with E-state index in [1.165, 1.54) is 24.5 Å². The molecule has 1 aromatic carbocycles. The molecular weight excluding hydrogens is 273 g/mol. The molecule has 1 aliphatic heterocycles. The zero-order chi connectivity index (χ0) is 14.7. The van der Waals surface area contributed by atoms with Crippen LogP contribution in [-0.2, 0) is 16.0 Å². The normalized spacial score (nSPS) is 16.1. The Morgan fingerprint density at radius 2 is 1.95 bits per heavy atom. The predicted octanol–water partition coefficient (Wildman–Crippen LogP) is 3.35. The van der Waals surface area contributed by atoms with Gasteiger partial charge in [-0.25, -0.2) is 14.2 Å². The van der Waals surface area contributed by atoms with E-state index < -0.39 is 5.97 Å². The van der Waals surface area contributed by atoms with Crippen molar-refractivity contribution in [2.24, 2.45) is 4.99 Å². The first-order chi connectivity index (χ1) is 10.2. The summed E-state index contributed by atoms with van der Waals surface area (Å²) in [6.45, 7) is 0. The van der Waals surface area contributed by atoms with Gasteiger partial charge in [-0.15, -0.1) is 0 Å². The number of hydrogen-bond donors (Lipinski definition) is 0. The number of carbonyl (C=O) groups is 1. The van der Waals surface area contributed by atoms with E-state index in [0.717, 1.165) is 5.56 Å². The summed E-state index contributed by atoms with van der Waals surface area (Å²) in [7, 11) is 0. The van der Waals surface area contributed by atoms with Gasteiger partial charge in [0.25, 0.3) is 0 Å². The second kappa shape index (κ2) is 5.75. The minimum absolute atomic E-state index is 0.221. The Balaban J connectivity index is 1.66. The molecule has 5 heteroatoms. The van der Waals surface area contributed by atoms with Crippen LogP contribution >= 0.6 is 0 Å². The number of rotatable bonds is 4. The first-order valence-corrected chi connectivity index (χ1v) is 6.50. The largest absolute Gasteiger partial charge is 0.465 e. The van der Waals surface area contributed by atoms with Crippen molar-refractivity contribution in [1.29, 1.82) is 0 Å². The molecule has 0 saturated heterocycles. The summed E-state index contributed by atoms with van der Waals surface area (Å²) >= 11 is 0. The van der Waals surface area contributed by atoms with Gasteiger partial charge in [0.05, 0.1) is 6.26 Å². The summed E-state index contributed by atoms with van der Waals surface area (Å²) in [5.74, 6) is 0.153. The van der Waals surface area contributed by atoms with Crippen LogP contribution < -0.4 is 0 Å².